The molecule has 2 aliphatic rings. The van der Waals surface area contributed by atoms with Crippen molar-refractivity contribution in [1.29, 1.82) is 0 Å². The van der Waals surface area contributed by atoms with Gasteiger partial charge in [0.05, 0.1) is 0 Å². The standard InChI is InChI=1S/C16H23BrN4O/c17-14-2-3-15(19-12-14)20-7-9-21(10-8-20)16(22)4-1-13-5-6-18-11-13/h2-3,12-13,18H,1,4-11H2. The quantitative estimate of drug-likeness (QED) is 0.883. The van der Waals surface area contributed by atoms with Gasteiger partial charge < -0.3 is 15.1 Å². The number of hydrogen-bond acceptors (Lipinski definition) is 4. The summed E-state index contributed by atoms with van der Waals surface area (Å²) in [6.07, 6.45) is 4.77. The molecule has 6 heteroatoms. The number of nitrogens with zero attached hydrogens (tertiary/aromatic N) is 3. The fourth-order valence-electron chi connectivity index (χ4n) is 3.19. The molecule has 3 heterocycles. The van der Waals surface area contributed by atoms with Gasteiger partial charge in [-0.25, -0.2) is 4.98 Å². The van der Waals surface area contributed by atoms with E-state index < -0.39 is 0 Å². The summed E-state index contributed by atoms with van der Waals surface area (Å²) in [6, 6.07) is 4.03. The van der Waals surface area contributed by atoms with Crippen LogP contribution >= 0.6 is 15.9 Å². The van der Waals surface area contributed by atoms with Crippen LogP contribution in [0.2, 0.25) is 0 Å². The van der Waals surface area contributed by atoms with E-state index in [0.717, 1.165) is 56.0 Å². The van der Waals surface area contributed by atoms with Crippen LogP contribution in [0.5, 0.6) is 0 Å². The Balaban J connectivity index is 1.44. The topological polar surface area (TPSA) is 48.5 Å². The van der Waals surface area contributed by atoms with E-state index in [-0.39, 0.29) is 0 Å². The van der Waals surface area contributed by atoms with Gasteiger partial charge in [0, 0.05) is 43.3 Å². The Kier molecular flexibility index (Phi) is 5.31. The van der Waals surface area contributed by atoms with Gasteiger partial charge in [-0.15, -0.1) is 0 Å². The van der Waals surface area contributed by atoms with E-state index in [9.17, 15) is 4.79 Å². The Bertz CT molecular complexity index is 493. The summed E-state index contributed by atoms with van der Waals surface area (Å²) in [5, 5.41) is 3.36. The minimum Gasteiger partial charge on any atom is -0.353 e. The average molecular weight is 367 g/mol. The van der Waals surface area contributed by atoms with Crippen LogP contribution in [-0.4, -0.2) is 55.1 Å². The van der Waals surface area contributed by atoms with Crippen molar-refractivity contribution in [2.24, 2.45) is 5.92 Å². The number of carbonyl (C=O) groups is 1. The van der Waals surface area contributed by atoms with Crippen LogP contribution in [0, 0.1) is 5.92 Å². The Labute approximate surface area is 140 Å². The average Bonchev–Trinajstić information content (AvgIpc) is 3.07. The number of anilines is 1. The number of halogens is 1. The largest absolute Gasteiger partial charge is 0.353 e. The second-order valence-electron chi connectivity index (χ2n) is 6.10. The number of nitrogens with one attached hydrogen (secondary N) is 1. The highest BCUT2D eigenvalue weighted by Gasteiger charge is 2.23. The molecule has 3 rings (SSSR count). The molecule has 1 aromatic heterocycles. The summed E-state index contributed by atoms with van der Waals surface area (Å²) >= 11 is 3.40. The maximum Gasteiger partial charge on any atom is 0.222 e. The van der Waals surface area contributed by atoms with Crippen LogP contribution in [0.1, 0.15) is 19.3 Å². The van der Waals surface area contributed by atoms with Gasteiger partial charge in [-0.05, 0) is 59.9 Å². The Morgan fingerprint density at radius 3 is 2.77 bits per heavy atom. The smallest absolute Gasteiger partial charge is 0.222 e. The number of carbonyl (C=O) groups excluding carboxylic acids is 1. The van der Waals surface area contributed by atoms with E-state index in [2.05, 4.69) is 31.1 Å². The van der Waals surface area contributed by atoms with E-state index in [4.69, 9.17) is 0 Å². The van der Waals surface area contributed by atoms with E-state index >= 15 is 0 Å². The van der Waals surface area contributed by atoms with Gasteiger partial charge in [0.15, 0.2) is 0 Å². The third kappa shape index (κ3) is 3.98. The number of piperazine rings is 1. The van der Waals surface area contributed by atoms with Gasteiger partial charge in [0.2, 0.25) is 5.91 Å². The highest BCUT2D eigenvalue weighted by molar-refractivity contribution is 9.10. The number of pyridine rings is 1. The lowest BCUT2D eigenvalue weighted by Gasteiger charge is -2.35. The lowest BCUT2D eigenvalue weighted by Crippen LogP contribution is -2.49. The van der Waals surface area contributed by atoms with E-state index in [1.165, 1.54) is 6.42 Å². The first kappa shape index (κ1) is 15.7. The number of aromatic nitrogens is 1. The highest BCUT2D eigenvalue weighted by atomic mass is 79.9. The van der Waals surface area contributed by atoms with Crippen molar-refractivity contribution in [3.8, 4) is 0 Å². The zero-order chi connectivity index (χ0) is 15.4. The summed E-state index contributed by atoms with van der Waals surface area (Å²) in [5.41, 5.74) is 0. The zero-order valence-corrected chi connectivity index (χ0v) is 14.4. The molecule has 1 amide bonds. The fourth-order valence-corrected chi connectivity index (χ4v) is 3.42. The molecule has 0 radical (unpaired) electrons. The maximum absolute atomic E-state index is 12.3. The Hall–Kier alpha value is -1.14. The number of hydrogen-bond donors (Lipinski definition) is 1. The molecule has 0 saturated carbocycles. The number of rotatable bonds is 4. The van der Waals surface area contributed by atoms with Crippen LogP contribution in [0.25, 0.3) is 0 Å². The molecule has 2 saturated heterocycles. The van der Waals surface area contributed by atoms with Crippen molar-refractivity contribution in [3.63, 3.8) is 0 Å². The first-order valence-electron chi connectivity index (χ1n) is 8.07. The summed E-state index contributed by atoms with van der Waals surface area (Å²) in [7, 11) is 0. The molecule has 0 aliphatic carbocycles. The summed E-state index contributed by atoms with van der Waals surface area (Å²) in [5.74, 6) is 2.00. The molecule has 0 bridgehead atoms. The van der Waals surface area contributed by atoms with Crippen LogP contribution in [0.15, 0.2) is 22.8 Å². The van der Waals surface area contributed by atoms with Gasteiger partial charge in [0.1, 0.15) is 5.82 Å². The van der Waals surface area contributed by atoms with Crippen LogP contribution in [-0.2, 0) is 4.79 Å². The fraction of sp³-hybridized carbons (Fsp3) is 0.625. The van der Waals surface area contributed by atoms with Gasteiger partial charge in [-0.3, -0.25) is 4.79 Å². The van der Waals surface area contributed by atoms with Crippen molar-refractivity contribution in [2.75, 3.05) is 44.2 Å². The molecule has 1 unspecified atom stereocenters. The third-order valence-corrected chi connectivity index (χ3v) is 5.07. The second kappa shape index (κ2) is 7.42. The lowest BCUT2D eigenvalue weighted by molar-refractivity contribution is -0.131. The molecule has 0 spiro atoms. The monoisotopic (exact) mass is 366 g/mol. The molecule has 1 atom stereocenters. The molecule has 5 nitrogen and oxygen atoms in total. The Morgan fingerprint density at radius 1 is 1.32 bits per heavy atom. The summed E-state index contributed by atoms with van der Waals surface area (Å²) in [4.78, 5) is 21.0. The summed E-state index contributed by atoms with van der Waals surface area (Å²) in [6.45, 7) is 5.53. The van der Waals surface area contributed by atoms with Crippen molar-refractivity contribution in [3.05, 3.63) is 22.8 Å². The zero-order valence-electron chi connectivity index (χ0n) is 12.8. The molecule has 1 aromatic rings. The molecule has 120 valence electrons. The normalized spacial score (nSPS) is 22.1. The highest BCUT2D eigenvalue weighted by Crippen LogP contribution is 2.18. The predicted octanol–water partition coefficient (Wildman–Crippen LogP) is 1.88. The molecule has 22 heavy (non-hydrogen) atoms. The lowest BCUT2D eigenvalue weighted by atomic mass is 10.0. The molecule has 2 fully saturated rings. The first-order valence-corrected chi connectivity index (χ1v) is 8.86. The SMILES string of the molecule is O=C(CCC1CCNC1)N1CCN(c2ccc(Br)cn2)CC1. The molecule has 2 aliphatic heterocycles. The van der Waals surface area contributed by atoms with Crippen LogP contribution in [0.3, 0.4) is 0 Å². The van der Waals surface area contributed by atoms with Crippen molar-refractivity contribution >= 4 is 27.7 Å². The van der Waals surface area contributed by atoms with Crippen molar-refractivity contribution in [1.82, 2.24) is 15.2 Å². The predicted molar refractivity (Wildman–Crippen MR) is 90.9 cm³/mol. The molecule has 0 aromatic carbocycles. The maximum atomic E-state index is 12.3. The molecule has 1 N–H and O–H groups in total. The van der Waals surface area contributed by atoms with E-state index in [1.807, 2.05) is 23.2 Å². The van der Waals surface area contributed by atoms with Gasteiger partial charge in [-0.2, -0.15) is 0 Å². The number of amides is 1. The summed E-state index contributed by atoms with van der Waals surface area (Å²) < 4.78 is 0.992. The van der Waals surface area contributed by atoms with Crippen LogP contribution in [0.4, 0.5) is 5.82 Å². The van der Waals surface area contributed by atoms with Gasteiger partial charge >= 0.3 is 0 Å². The minimum absolute atomic E-state index is 0.315. The molecular formula is C16H23BrN4O. The molecular weight excluding hydrogens is 344 g/mol. The van der Waals surface area contributed by atoms with Gasteiger partial charge in [0.25, 0.3) is 0 Å². The van der Waals surface area contributed by atoms with Crippen molar-refractivity contribution < 1.29 is 4.79 Å². The van der Waals surface area contributed by atoms with E-state index in [0.29, 0.717) is 18.2 Å². The third-order valence-electron chi connectivity index (χ3n) is 4.60. The first-order chi connectivity index (χ1) is 10.7. The Morgan fingerprint density at radius 2 is 2.14 bits per heavy atom. The second-order valence-corrected chi connectivity index (χ2v) is 7.02. The van der Waals surface area contributed by atoms with Crippen LogP contribution < -0.4 is 10.2 Å². The van der Waals surface area contributed by atoms with Gasteiger partial charge in [-0.1, -0.05) is 0 Å². The minimum atomic E-state index is 0.315. The van der Waals surface area contributed by atoms with E-state index in [1.54, 1.807) is 0 Å². The van der Waals surface area contributed by atoms with Crippen molar-refractivity contribution in [2.45, 2.75) is 19.3 Å².